The van der Waals surface area contributed by atoms with Gasteiger partial charge in [-0.05, 0) is 79.0 Å². The van der Waals surface area contributed by atoms with Crippen LogP contribution in [0, 0.1) is 25.7 Å². The number of hydrogen-bond acceptors (Lipinski definition) is 6. The Labute approximate surface area is 280 Å². The maximum atomic E-state index is 13.3. The smallest absolute Gasteiger partial charge is 0.344 e. The van der Waals surface area contributed by atoms with Crippen LogP contribution >= 0.6 is 0 Å². The number of aryl methyl sites for hydroxylation is 2. The van der Waals surface area contributed by atoms with Crippen molar-refractivity contribution in [1.29, 1.82) is 0 Å². The topological polar surface area (TPSA) is 74.2 Å². The van der Waals surface area contributed by atoms with Gasteiger partial charge in [0, 0.05) is 40.7 Å². The molecule has 1 fully saturated rings. The molecular formula is C41H52O6. The number of phenolic OH excluding ortho intramolecular Hbond substituents is 1. The molecule has 0 aromatic heterocycles. The maximum absolute atomic E-state index is 13.3. The van der Waals surface area contributed by atoms with Crippen molar-refractivity contribution in [3.05, 3.63) is 82.4 Å². The van der Waals surface area contributed by atoms with Crippen LogP contribution in [0.2, 0.25) is 0 Å². The number of hydrogen-bond donors (Lipinski definition) is 1. The van der Waals surface area contributed by atoms with Gasteiger partial charge >= 0.3 is 5.97 Å². The minimum absolute atomic E-state index is 0.120. The van der Waals surface area contributed by atoms with Crippen LogP contribution in [0.4, 0.5) is 0 Å². The predicted octanol–water partition coefficient (Wildman–Crippen LogP) is 9.23. The van der Waals surface area contributed by atoms with Gasteiger partial charge in [0.25, 0.3) is 5.79 Å². The first-order valence-corrected chi connectivity index (χ1v) is 17.2. The second kappa shape index (κ2) is 11.8. The first-order valence-electron chi connectivity index (χ1n) is 17.2. The molecule has 2 heterocycles. The highest BCUT2D eigenvalue weighted by molar-refractivity contribution is 5.71. The molecule has 2 aliphatic heterocycles. The Hall–Kier alpha value is -3.67. The van der Waals surface area contributed by atoms with E-state index in [1.807, 2.05) is 44.2 Å². The Morgan fingerprint density at radius 2 is 1.49 bits per heavy atom. The highest BCUT2D eigenvalue weighted by Crippen LogP contribution is 2.55. The average molecular weight is 641 g/mol. The molecule has 6 nitrogen and oxygen atoms in total. The number of benzene rings is 3. The van der Waals surface area contributed by atoms with Gasteiger partial charge in [-0.2, -0.15) is 0 Å². The van der Waals surface area contributed by atoms with Crippen LogP contribution in [0.1, 0.15) is 108 Å². The van der Waals surface area contributed by atoms with E-state index >= 15 is 0 Å². The van der Waals surface area contributed by atoms with Crippen LogP contribution < -0.4 is 14.2 Å². The summed E-state index contributed by atoms with van der Waals surface area (Å²) < 4.78 is 25.9. The van der Waals surface area contributed by atoms with Crippen molar-refractivity contribution in [3.8, 4) is 23.0 Å². The second-order valence-corrected chi connectivity index (χ2v) is 16.4. The summed E-state index contributed by atoms with van der Waals surface area (Å²) in [6.45, 7) is 19.3. The normalized spacial score (nSPS) is 25.9. The molecule has 0 radical (unpaired) electrons. The number of carbonyl (C=O) groups is 1. The first kappa shape index (κ1) is 33.2. The lowest BCUT2D eigenvalue weighted by Crippen LogP contribution is -2.55. The van der Waals surface area contributed by atoms with E-state index in [1.165, 1.54) is 5.56 Å². The van der Waals surface area contributed by atoms with Crippen molar-refractivity contribution in [2.24, 2.45) is 11.8 Å². The molecule has 1 spiro atoms. The van der Waals surface area contributed by atoms with Crippen LogP contribution in [0.3, 0.4) is 0 Å². The van der Waals surface area contributed by atoms with Crippen molar-refractivity contribution < 1.29 is 28.8 Å². The van der Waals surface area contributed by atoms with Gasteiger partial charge in [0.2, 0.25) is 0 Å². The number of carbonyl (C=O) groups excluding carboxylic acids is 1. The molecule has 47 heavy (non-hydrogen) atoms. The van der Waals surface area contributed by atoms with E-state index in [0.29, 0.717) is 24.5 Å². The van der Waals surface area contributed by atoms with Gasteiger partial charge in [-0.3, -0.25) is 0 Å². The summed E-state index contributed by atoms with van der Waals surface area (Å²) in [6.07, 6.45) is 4.15. The molecule has 1 saturated carbocycles. The number of rotatable bonds is 6. The van der Waals surface area contributed by atoms with Gasteiger partial charge in [-0.25, -0.2) is 4.79 Å². The van der Waals surface area contributed by atoms with E-state index in [9.17, 15) is 9.90 Å². The van der Waals surface area contributed by atoms with Gasteiger partial charge < -0.3 is 24.1 Å². The van der Waals surface area contributed by atoms with Gasteiger partial charge in [-0.1, -0.05) is 85.2 Å². The summed E-state index contributed by atoms with van der Waals surface area (Å²) in [5.41, 5.74) is 4.26. The van der Waals surface area contributed by atoms with Crippen LogP contribution in [-0.4, -0.2) is 29.6 Å². The summed E-state index contributed by atoms with van der Waals surface area (Å²) in [5, 5.41) is 10.4. The number of esters is 1. The van der Waals surface area contributed by atoms with Crippen LogP contribution in [0.25, 0.3) is 0 Å². The van der Waals surface area contributed by atoms with E-state index in [4.69, 9.17) is 18.9 Å². The van der Waals surface area contributed by atoms with E-state index in [2.05, 4.69) is 72.7 Å². The largest absolute Gasteiger partial charge is 0.508 e. The number of ether oxygens (including phenoxy) is 4. The minimum Gasteiger partial charge on any atom is -0.508 e. The molecule has 4 atom stereocenters. The predicted molar refractivity (Wildman–Crippen MR) is 185 cm³/mol. The van der Waals surface area contributed by atoms with Crippen LogP contribution in [0.15, 0.2) is 54.6 Å². The third-order valence-corrected chi connectivity index (χ3v) is 11.2. The zero-order chi connectivity index (χ0) is 33.9. The molecule has 1 unspecified atom stereocenters. The lowest BCUT2D eigenvalue weighted by Gasteiger charge is -2.51. The molecule has 0 amide bonds. The lowest BCUT2D eigenvalue weighted by molar-refractivity contribution is -0.166. The average Bonchev–Trinajstić information content (AvgIpc) is 2.97. The summed E-state index contributed by atoms with van der Waals surface area (Å²) in [4.78, 5) is 13.3. The fourth-order valence-corrected chi connectivity index (χ4v) is 8.59. The highest BCUT2D eigenvalue weighted by Gasteiger charge is 2.53. The first-order chi connectivity index (χ1) is 22.0. The Balaban J connectivity index is 1.18. The van der Waals surface area contributed by atoms with Gasteiger partial charge in [0.15, 0.2) is 6.61 Å². The summed E-state index contributed by atoms with van der Waals surface area (Å²) >= 11 is 0. The summed E-state index contributed by atoms with van der Waals surface area (Å²) in [5.74, 6) is 2.02. The van der Waals surface area contributed by atoms with Gasteiger partial charge in [0.1, 0.15) is 29.1 Å². The molecule has 3 aromatic rings. The van der Waals surface area contributed by atoms with E-state index < -0.39 is 5.79 Å². The number of fused-ring (bicyclic) bond motifs is 2. The lowest BCUT2D eigenvalue weighted by atomic mass is 9.64. The van der Waals surface area contributed by atoms with Crippen molar-refractivity contribution in [3.63, 3.8) is 0 Å². The van der Waals surface area contributed by atoms with Crippen molar-refractivity contribution >= 4 is 5.97 Å². The fourth-order valence-electron chi connectivity index (χ4n) is 8.59. The van der Waals surface area contributed by atoms with Crippen molar-refractivity contribution in [2.75, 3.05) is 6.61 Å². The Morgan fingerprint density at radius 1 is 0.894 bits per heavy atom. The molecule has 3 aromatic carbocycles. The molecule has 0 saturated heterocycles. The highest BCUT2D eigenvalue weighted by atomic mass is 16.7. The molecule has 6 rings (SSSR count). The van der Waals surface area contributed by atoms with Gasteiger partial charge in [0.05, 0.1) is 0 Å². The molecule has 1 aliphatic carbocycles. The minimum atomic E-state index is -0.851. The second-order valence-electron chi connectivity index (χ2n) is 16.4. The van der Waals surface area contributed by atoms with Gasteiger partial charge in [-0.15, -0.1) is 0 Å². The number of phenols is 1. The van der Waals surface area contributed by atoms with E-state index in [-0.39, 0.29) is 46.6 Å². The van der Waals surface area contributed by atoms with Crippen LogP contribution in [0.5, 0.6) is 23.0 Å². The Bertz CT molecular complexity index is 1650. The fraction of sp³-hybridized carbons (Fsp3) is 0.537. The molecular weight excluding hydrogens is 588 g/mol. The third-order valence-electron chi connectivity index (χ3n) is 11.2. The zero-order valence-electron chi connectivity index (χ0n) is 29.7. The molecule has 1 N–H and O–H groups in total. The number of aromatic hydroxyl groups is 1. The SMILES string of the molecule is Cc1cc2c(cc1O)C(C)(C)CC1(CC(C)(C)c3cc(OCC(=O)O[C@@H]4C[C@H](C)CC[C@H]4C(C)(C)c4ccccc4)c(C)cc3O1)O2. The molecule has 6 heteroatoms. The molecule has 3 aliphatic rings. The van der Waals surface area contributed by atoms with Crippen molar-refractivity contribution in [2.45, 2.75) is 123 Å². The summed E-state index contributed by atoms with van der Waals surface area (Å²) in [6, 6.07) is 18.4. The quantitative estimate of drug-likeness (QED) is 0.271. The molecule has 0 bridgehead atoms. The standard InChI is InChI=1S/C41H52O6/c1-25-15-16-29(40(8,9)28-13-11-10-12-14-28)34(17-25)45-37(43)22-44-33-21-31-36(19-27(33)3)47-41(24-39(31,6)7)23-38(4,5)30-20-32(42)26(2)18-35(30)46-41/h10-14,18-21,25,29,34,42H,15-17,22-24H2,1-9H3/t25-,29-,34-,41?/m1/s1. The molecule has 252 valence electrons. The summed E-state index contributed by atoms with van der Waals surface area (Å²) in [7, 11) is 0. The van der Waals surface area contributed by atoms with Crippen molar-refractivity contribution in [1.82, 2.24) is 0 Å². The monoisotopic (exact) mass is 640 g/mol. The Morgan fingerprint density at radius 3 is 2.13 bits per heavy atom. The zero-order valence-corrected chi connectivity index (χ0v) is 29.7. The van der Waals surface area contributed by atoms with E-state index in [1.54, 1.807) is 0 Å². The maximum Gasteiger partial charge on any atom is 0.344 e. The third kappa shape index (κ3) is 6.33. The van der Waals surface area contributed by atoms with E-state index in [0.717, 1.165) is 53.0 Å². The van der Waals surface area contributed by atoms with Crippen LogP contribution in [-0.2, 0) is 25.8 Å². The Kier molecular flexibility index (Phi) is 8.33.